The maximum Gasteiger partial charge on any atom is 0.390 e. The van der Waals surface area contributed by atoms with Gasteiger partial charge in [-0.15, -0.1) is 0 Å². The van der Waals surface area contributed by atoms with E-state index in [0.29, 0.717) is 24.9 Å². The molecule has 2 unspecified atom stereocenters. The SMILES string of the molecule is CN1[C@@H]2CC[C@H]1CC(OC(=O)C(CO)(CC(F)(F)F)c1ccccc1)C2. The van der Waals surface area contributed by atoms with Crippen molar-refractivity contribution in [3.63, 3.8) is 0 Å². The molecular formula is C19H24F3NO3. The van der Waals surface area contributed by atoms with Crippen LogP contribution in [0.2, 0.25) is 0 Å². The van der Waals surface area contributed by atoms with Crippen LogP contribution in [0.3, 0.4) is 0 Å². The number of aliphatic hydroxyl groups excluding tert-OH is 1. The minimum atomic E-state index is -4.61. The number of ether oxygens (including phenoxy) is 1. The maximum atomic E-state index is 13.2. The maximum absolute atomic E-state index is 13.2. The minimum absolute atomic E-state index is 0.126. The van der Waals surface area contributed by atoms with Crippen molar-refractivity contribution in [1.29, 1.82) is 0 Å². The fourth-order valence-electron chi connectivity index (χ4n) is 4.33. The van der Waals surface area contributed by atoms with Crippen molar-refractivity contribution in [2.75, 3.05) is 13.7 Å². The van der Waals surface area contributed by atoms with E-state index in [1.807, 2.05) is 7.05 Å². The Hall–Kier alpha value is -1.60. The first-order valence-corrected chi connectivity index (χ1v) is 8.91. The van der Waals surface area contributed by atoms with Crippen LogP contribution in [-0.2, 0) is 14.9 Å². The van der Waals surface area contributed by atoms with Crippen LogP contribution < -0.4 is 0 Å². The average molecular weight is 371 g/mol. The number of nitrogens with zero attached hydrogens (tertiary/aromatic N) is 1. The summed E-state index contributed by atoms with van der Waals surface area (Å²) in [5.74, 6) is -0.988. The Labute approximate surface area is 150 Å². The molecule has 1 N–H and O–H groups in total. The Bertz CT molecular complexity index is 623. The number of rotatable bonds is 5. The molecule has 2 aliphatic heterocycles. The third-order valence-corrected chi connectivity index (χ3v) is 5.82. The lowest BCUT2D eigenvalue weighted by Gasteiger charge is -2.38. The predicted molar refractivity (Wildman–Crippen MR) is 89.6 cm³/mol. The Morgan fingerprint density at radius 3 is 2.27 bits per heavy atom. The largest absolute Gasteiger partial charge is 0.462 e. The van der Waals surface area contributed by atoms with E-state index in [0.717, 1.165) is 12.8 Å². The Balaban J connectivity index is 1.83. The van der Waals surface area contributed by atoms with E-state index in [4.69, 9.17) is 4.74 Å². The number of aliphatic hydroxyl groups is 1. The van der Waals surface area contributed by atoms with Gasteiger partial charge in [0.2, 0.25) is 0 Å². The number of halogens is 3. The molecule has 2 heterocycles. The molecule has 2 aliphatic rings. The summed E-state index contributed by atoms with van der Waals surface area (Å²) in [7, 11) is 2.03. The van der Waals surface area contributed by atoms with Crippen molar-refractivity contribution in [3.05, 3.63) is 35.9 Å². The van der Waals surface area contributed by atoms with Gasteiger partial charge in [0.1, 0.15) is 11.5 Å². The number of esters is 1. The number of carbonyl (C=O) groups is 1. The van der Waals surface area contributed by atoms with Gasteiger partial charge in [0.15, 0.2) is 0 Å². The molecule has 1 aromatic carbocycles. The third kappa shape index (κ3) is 3.74. The molecule has 2 fully saturated rings. The summed E-state index contributed by atoms with van der Waals surface area (Å²) in [5.41, 5.74) is -2.00. The molecule has 26 heavy (non-hydrogen) atoms. The van der Waals surface area contributed by atoms with Crippen LogP contribution in [0.15, 0.2) is 30.3 Å². The quantitative estimate of drug-likeness (QED) is 0.809. The molecule has 0 amide bonds. The highest BCUT2D eigenvalue weighted by Crippen LogP contribution is 2.40. The number of carbonyl (C=O) groups excluding carboxylic acids is 1. The van der Waals surface area contributed by atoms with Crippen molar-refractivity contribution in [2.24, 2.45) is 0 Å². The zero-order chi connectivity index (χ0) is 18.9. The molecule has 0 spiro atoms. The van der Waals surface area contributed by atoms with Crippen molar-refractivity contribution in [3.8, 4) is 0 Å². The van der Waals surface area contributed by atoms with Crippen LogP contribution in [0, 0.1) is 0 Å². The first-order valence-electron chi connectivity index (χ1n) is 8.91. The van der Waals surface area contributed by atoms with Crippen molar-refractivity contribution in [1.82, 2.24) is 4.90 Å². The second-order valence-electron chi connectivity index (χ2n) is 7.45. The molecule has 2 saturated heterocycles. The van der Waals surface area contributed by atoms with Crippen molar-refractivity contribution in [2.45, 2.75) is 61.9 Å². The van der Waals surface area contributed by atoms with E-state index in [1.165, 1.54) is 12.1 Å². The van der Waals surface area contributed by atoms with E-state index < -0.39 is 36.7 Å². The molecule has 4 atom stereocenters. The smallest absolute Gasteiger partial charge is 0.390 e. The summed E-state index contributed by atoms with van der Waals surface area (Å²) in [5, 5.41) is 9.84. The van der Waals surface area contributed by atoms with Gasteiger partial charge in [-0.3, -0.25) is 4.79 Å². The highest BCUT2D eigenvalue weighted by molar-refractivity contribution is 5.83. The Kier molecular flexibility index (Phi) is 5.30. The fourth-order valence-corrected chi connectivity index (χ4v) is 4.33. The van der Waals surface area contributed by atoms with Crippen LogP contribution in [-0.4, -0.2) is 54.0 Å². The topological polar surface area (TPSA) is 49.8 Å². The first-order chi connectivity index (χ1) is 12.2. The van der Waals surface area contributed by atoms with E-state index in [1.54, 1.807) is 18.2 Å². The van der Waals surface area contributed by atoms with Gasteiger partial charge in [-0.1, -0.05) is 30.3 Å². The first kappa shape index (κ1) is 19.2. The molecule has 4 nitrogen and oxygen atoms in total. The average Bonchev–Trinajstić information content (AvgIpc) is 2.81. The molecular weight excluding hydrogens is 347 g/mol. The summed E-state index contributed by atoms with van der Waals surface area (Å²) in [4.78, 5) is 15.1. The Morgan fingerprint density at radius 1 is 1.19 bits per heavy atom. The number of alkyl halides is 3. The van der Waals surface area contributed by atoms with Gasteiger partial charge >= 0.3 is 12.1 Å². The molecule has 1 aromatic rings. The van der Waals surface area contributed by atoms with Gasteiger partial charge in [0.05, 0.1) is 13.0 Å². The van der Waals surface area contributed by atoms with Gasteiger partial charge in [0.25, 0.3) is 0 Å². The number of hydrogen-bond donors (Lipinski definition) is 1. The molecule has 144 valence electrons. The number of benzene rings is 1. The summed E-state index contributed by atoms with van der Waals surface area (Å²) in [6, 6.07) is 8.23. The summed E-state index contributed by atoms with van der Waals surface area (Å²) < 4.78 is 45.2. The van der Waals surface area contributed by atoms with Crippen LogP contribution in [0.5, 0.6) is 0 Å². The zero-order valence-electron chi connectivity index (χ0n) is 14.7. The molecule has 0 radical (unpaired) electrons. The lowest BCUT2D eigenvalue weighted by atomic mass is 9.78. The number of hydrogen-bond acceptors (Lipinski definition) is 4. The highest BCUT2D eigenvalue weighted by Gasteiger charge is 2.51. The molecule has 2 bridgehead atoms. The molecule has 0 aliphatic carbocycles. The second kappa shape index (κ2) is 7.19. The second-order valence-corrected chi connectivity index (χ2v) is 7.45. The van der Waals surface area contributed by atoms with Gasteiger partial charge in [-0.25, -0.2) is 0 Å². The molecule has 3 rings (SSSR count). The van der Waals surface area contributed by atoms with Gasteiger partial charge in [-0.05, 0) is 38.3 Å². The van der Waals surface area contributed by atoms with Gasteiger partial charge in [-0.2, -0.15) is 13.2 Å². The Morgan fingerprint density at radius 2 is 1.77 bits per heavy atom. The van der Waals surface area contributed by atoms with E-state index in [9.17, 15) is 23.1 Å². The van der Waals surface area contributed by atoms with Gasteiger partial charge < -0.3 is 14.7 Å². The van der Waals surface area contributed by atoms with Crippen LogP contribution in [0.25, 0.3) is 0 Å². The highest BCUT2D eigenvalue weighted by atomic mass is 19.4. The zero-order valence-corrected chi connectivity index (χ0v) is 14.7. The van der Waals surface area contributed by atoms with Crippen molar-refractivity contribution >= 4 is 5.97 Å². The van der Waals surface area contributed by atoms with Gasteiger partial charge in [0, 0.05) is 12.1 Å². The summed E-state index contributed by atoms with van der Waals surface area (Å²) in [6.07, 6.45) is -3.17. The van der Waals surface area contributed by atoms with Crippen molar-refractivity contribution < 1.29 is 27.8 Å². The fraction of sp³-hybridized carbons (Fsp3) is 0.632. The van der Waals surface area contributed by atoms with E-state index in [2.05, 4.69) is 4.90 Å². The lowest BCUT2D eigenvalue weighted by molar-refractivity contribution is -0.181. The summed E-state index contributed by atoms with van der Waals surface area (Å²) >= 11 is 0. The molecule has 0 aromatic heterocycles. The predicted octanol–water partition coefficient (Wildman–Crippen LogP) is 3.04. The van der Waals surface area contributed by atoms with E-state index >= 15 is 0 Å². The lowest BCUT2D eigenvalue weighted by Crippen LogP contribution is -2.49. The van der Waals surface area contributed by atoms with Crippen LogP contribution in [0.4, 0.5) is 13.2 Å². The monoisotopic (exact) mass is 371 g/mol. The van der Waals surface area contributed by atoms with Crippen LogP contribution >= 0.6 is 0 Å². The minimum Gasteiger partial charge on any atom is -0.462 e. The molecule has 0 saturated carbocycles. The van der Waals surface area contributed by atoms with E-state index in [-0.39, 0.29) is 5.56 Å². The van der Waals surface area contributed by atoms with Crippen LogP contribution in [0.1, 0.15) is 37.7 Å². The normalized spacial score (nSPS) is 28.6. The molecule has 7 heteroatoms. The number of piperidine rings is 1. The third-order valence-electron chi connectivity index (χ3n) is 5.82. The number of fused-ring (bicyclic) bond motifs is 2. The standard InChI is InChI=1S/C19H24F3NO3/c1-23-14-7-8-15(23)10-16(9-14)26-17(25)18(12-24,11-19(20,21)22)13-5-3-2-4-6-13/h2-6,14-16,24H,7-12H2,1H3/t14-,15+,16?,18?. The summed E-state index contributed by atoms with van der Waals surface area (Å²) in [6.45, 7) is -0.950.